The summed E-state index contributed by atoms with van der Waals surface area (Å²) in [6.07, 6.45) is 2.22. The maximum atomic E-state index is 12.8. The van der Waals surface area contributed by atoms with Crippen LogP contribution < -0.4 is 0 Å². The molecule has 2 aliphatic heterocycles. The molecule has 1 aromatic carbocycles. The zero-order valence-electron chi connectivity index (χ0n) is 12.3. The Labute approximate surface area is 127 Å². The number of hydrogen-bond acceptors (Lipinski definition) is 3. The minimum absolute atomic E-state index is 0.0180. The van der Waals surface area contributed by atoms with Crippen LogP contribution in [0.3, 0.4) is 0 Å². The van der Waals surface area contributed by atoms with Gasteiger partial charge in [-0.1, -0.05) is 12.1 Å². The van der Waals surface area contributed by atoms with Gasteiger partial charge in [0.15, 0.2) is 5.60 Å². The summed E-state index contributed by atoms with van der Waals surface area (Å²) in [6.45, 7) is 1.61. The number of carbonyl (C=O) groups is 2. The van der Waals surface area contributed by atoms with Crippen molar-refractivity contribution in [2.24, 2.45) is 0 Å². The van der Waals surface area contributed by atoms with Gasteiger partial charge in [-0.25, -0.2) is 4.79 Å². The summed E-state index contributed by atoms with van der Waals surface area (Å²) >= 11 is 0. The van der Waals surface area contributed by atoms with Crippen LogP contribution in [0.5, 0.6) is 0 Å². The number of likely N-dealkylation sites (N-methyl/N-ethyl adjacent to an activating group) is 1. The average molecular weight is 299 g/mol. The highest BCUT2D eigenvalue weighted by Gasteiger charge is 2.49. The Morgan fingerprint density at radius 2 is 2.18 bits per heavy atom. The molecule has 1 aromatic heterocycles. The molecule has 4 rings (SSSR count). The maximum absolute atomic E-state index is 12.8. The van der Waals surface area contributed by atoms with Crippen molar-refractivity contribution in [2.75, 3.05) is 26.7 Å². The van der Waals surface area contributed by atoms with Crippen LogP contribution in [0.1, 0.15) is 16.8 Å². The Balaban J connectivity index is 1.60. The number of benzene rings is 1. The molecular formula is C16H17N3O3. The van der Waals surface area contributed by atoms with E-state index in [1.165, 1.54) is 0 Å². The van der Waals surface area contributed by atoms with E-state index in [9.17, 15) is 9.59 Å². The zero-order chi connectivity index (χ0) is 15.3. The van der Waals surface area contributed by atoms with Crippen molar-refractivity contribution in [2.45, 2.75) is 12.0 Å². The van der Waals surface area contributed by atoms with Gasteiger partial charge < -0.3 is 19.5 Å². The number of amides is 2. The summed E-state index contributed by atoms with van der Waals surface area (Å²) in [5, 5.41) is 1.02. The Hall–Kier alpha value is -2.50. The van der Waals surface area contributed by atoms with Gasteiger partial charge in [-0.3, -0.25) is 4.79 Å². The molecule has 3 heterocycles. The number of fused-ring (bicyclic) bond motifs is 1. The van der Waals surface area contributed by atoms with Crippen LogP contribution in [0, 0.1) is 0 Å². The van der Waals surface area contributed by atoms with E-state index < -0.39 is 5.60 Å². The number of para-hydroxylation sites is 1. The van der Waals surface area contributed by atoms with E-state index in [-0.39, 0.29) is 12.0 Å². The average Bonchev–Trinajstić information content (AvgIpc) is 3.18. The van der Waals surface area contributed by atoms with E-state index in [0.29, 0.717) is 31.6 Å². The van der Waals surface area contributed by atoms with Gasteiger partial charge >= 0.3 is 6.09 Å². The lowest BCUT2D eigenvalue weighted by Gasteiger charge is -2.22. The Morgan fingerprint density at radius 1 is 1.32 bits per heavy atom. The van der Waals surface area contributed by atoms with Gasteiger partial charge in [-0.15, -0.1) is 0 Å². The third-order valence-corrected chi connectivity index (χ3v) is 4.56. The van der Waals surface area contributed by atoms with E-state index in [0.717, 1.165) is 10.9 Å². The van der Waals surface area contributed by atoms with Crippen LogP contribution in [-0.2, 0) is 4.74 Å². The number of carbonyl (C=O) groups excluding carboxylic acids is 2. The second-order valence-corrected chi connectivity index (χ2v) is 6.13. The van der Waals surface area contributed by atoms with E-state index in [4.69, 9.17) is 4.74 Å². The van der Waals surface area contributed by atoms with Gasteiger partial charge in [-0.05, 0) is 12.1 Å². The fraction of sp³-hybridized carbons (Fsp3) is 0.375. The molecule has 0 radical (unpaired) electrons. The van der Waals surface area contributed by atoms with Crippen molar-refractivity contribution in [3.63, 3.8) is 0 Å². The highest BCUT2D eigenvalue weighted by atomic mass is 16.6. The predicted octanol–water partition coefficient (Wildman–Crippen LogP) is 1.83. The molecule has 114 valence electrons. The van der Waals surface area contributed by atoms with E-state index in [1.807, 2.05) is 30.5 Å². The minimum Gasteiger partial charge on any atom is -0.439 e. The monoisotopic (exact) mass is 299 g/mol. The highest BCUT2D eigenvalue weighted by Crippen LogP contribution is 2.33. The molecule has 2 saturated heterocycles. The van der Waals surface area contributed by atoms with Gasteiger partial charge in [0.05, 0.1) is 24.2 Å². The first-order valence-corrected chi connectivity index (χ1v) is 7.37. The number of nitrogens with one attached hydrogen (secondary N) is 1. The molecule has 22 heavy (non-hydrogen) atoms. The van der Waals surface area contributed by atoms with Gasteiger partial charge in [0.25, 0.3) is 5.91 Å². The lowest BCUT2D eigenvalue weighted by atomic mass is 10.0. The van der Waals surface area contributed by atoms with E-state index >= 15 is 0 Å². The van der Waals surface area contributed by atoms with Crippen molar-refractivity contribution in [1.82, 2.24) is 14.8 Å². The number of hydrogen-bond donors (Lipinski definition) is 1. The molecule has 2 fully saturated rings. The van der Waals surface area contributed by atoms with E-state index in [2.05, 4.69) is 4.98 Å². The Kier molecular flexibility index (Phi) is 2.69. The van der Waals surface area contributed by atoms with Crippen LogP contribution in [0.2, 0.25) is 0 Å². The predicted molar refractivity (Wildman–Crippen MR) is 80.7 cm³/mol. The molecule has 0 aliphatic carbocycles. The molecule has 6 heteroatoms. The smallest absolute Gasteiger partial charge is 0.410 e. The SMILES string of the molecule is CN1C[C@]2(CCN(C(=O)c3cccc4cc[nH]c34)C2)OC1=O. The molecule has 1 atom stereocenters. The molecule has 0 unspecified atom stereocenters. The number of likely N-dealkylation sites (tertiary alicyclic amines) is 1. The summed E-state index contributed by atoms with van der Waals surface area (Å²) in [6, 6.07) is 7.64. The fourth-order valence-corrected chi connectivity index (χ4v) is 3.46. The third-order valence-electron chi connectivity index (χ3n) is 4.56. The van der Waals surface area contributed by atoms with Crippen LogP contribution in [0.15, 0.2) is 30.5 Å². The number of nitrogens with zero attached hydrogens (tertiary/aromatic N) is 2. The topological polar surface area (TPSA) is 65.6 Å². The normalized spacial score (nSPS) is 24.5. The molecule has 1 N–H and O–H groups in total. The van der Waals surface area contributed by atoms with Crippen molar-refractivity contribution in [3.8, 4) is 0 Å². The molecule has 2 aliphatic rings. The molecule has 0 saturated carbocycles. The number of aromatic amines is 1. The second kappa shape index (κ2) is 4.50. The number of rotatable bonds is 1. The maximum Gasteiger partial charge on any atom is 0.410 e. The summed E-state index contributed by atoms with van der Waals surface area (Å²) in [5.74, 6) is -0.0180. The first-order valence-electron chi connectivity index (χ1n) is 7.37. The van der Waals surface area contributed by atoms with Gasteiger partial charge in [0.1, 0.15) is 0 Å². The Bertz CT molecular complexity index is 769. The largest absolute Gasteiger partial charge is 0.439 e. The summed E-state index contributed by atoms with van der Waals surface area (Å²) in [4.78, 5) is 30.9. The van der Waals surface area contributed by atoms with E-state index in [1.54, 1.807) is 16.8 Å². The van der Waals surface area contributed by atoms with Crippen LogP contribution in [0.25, 0.3) is 10.9 Å². The quantitative estimate of drug-likeness (QED) is 0.873. The zero-order valence-corrected chi connectivity index (χ0v) is 12.3. The second-order valence-electron chi connectivity index (χ2n) is 6.13. The van der Waals surface area contributed by atoms with Crippen molar-refractivity contribution >= 4 is 22.9 Å². The van der Waals surface area contributed by atoms with Gasteiger partial charge in [0.2, 0.25) is 0 Å². The molecule has 6 nitrogen and oxygen atoms in total. The molecule has 0 bridgehead atoms. The molecule has 2 aromatic rings. The summed E-state index contributed by atoms with van der Waals surface area (Å²) < 4.78 is 5.50. The van der Waals surface area contributed by atoms with Crippen LogP contribution >= 0.6 is 0 Å². The summed E-state index contributed by atoms with van der Waals surface area (Å²) in [7, 11) is 1.72. The van der Waals surface area contributed by atoms with Gasteiger partial charge in [0, 0.05) is 31.6 Å². The van der Waals surface area contributed by atoms with Crippen molar-refractivity contribution in [1.29, 1.82) is 0 Å². The standard InChI is InChI=1S/C16H17N3O3/c1-18-9-16(22-15(18)21)6-8-19(10-16)14(20)12-4-2-3-11-5-7-17-13(11)12/h2-5,7,17H,6,8-10H2,1H3/t16-/m0/s1. The third kappa shape index (κ3) is 1.87. The first kappa shape index (κ1) is 13.2. The first-order chi connectivity index (χ1) is 10.6. The van der Waals surface area contributed by atoms with Crippen LogP contribution in [0.4, 0.5) is 4.79 Å². The number of H-pyrrole nitrogens is 1. The Morgan fingerprint density at radius 3 is 2.95 bits per heavy atom. The van der Waals surface area contributed by atoms with Gasteiger partial charge in [-0.2, -0.15) is 0 Å². The highest BCUT2D eigenvalue weighted by molar-refractivity contribution is 6.05. The van der Waals surface area contributed by atoms with Crippen molar-refractivity contribution in [3.05, 3.63) is 36.0 Å². The molecule has 2 amide bonds. The fourth-order valence-electron chi connectivity index (χ4n) is 3.46. The van der Waals surface area contributed by atoms with Crippen molar-refractivity contribution < 1.29 is 14.3 Å². The number of ether oxygens (including phenoxy) is 1. The number of aromatic nitrogens is 1. The minimum atomic E-state index is -0.537. The van der Waals surface area contributed by atoms with Crippen LogP contribution in [-0.4, -0.2) is 59.1 Å². The lowest BCUT2D eigenvalue weighted by molar-refractivity contribution is 0.0554. The lowest BCUT2D eigenvalue weighted by Crippen LogP contribution is -2.39. The summed E-state index contributed by atoms with van der Waals surface area (Å²) in [5.41, 5.74) is 0.983. The molecular weight excluding hydrogens is 282 g/mol. The molecule has 1 spiro atoms.